The smallest absolute Gasteiger partial charge is 0.320 e. The van der Waals surface area contributed by atoms with Crippen molar-refractivity contribution in [3.05, 3.63) is 47.8 Å². The number of pyridine rings is 2. The lowest BCUT2D eigenvalue weighted by molar-refractivity contribution is -0.140. The van der Waals surface area contributed by atoms with Gasteiger partial charge in [-0.2, -0.15) is 0 Å². The van der Waals surface area contributed by atoms with Gasteiger partial charge in [0, 0.05) is 23.9 Å². The normalized spacial score (nSPS) is 13.5. The van der Waals surface area contributed by atoms with Crippen LogP contribution >= 0.6 is 0 Å². The molecule has 2 heterocycles. The monoisotopic (exact) mass is 382 g/mol. The molecule has 0 radical (unpaired) electrons. The van der Waals surface area contributed by atoms with Crippen molar-refractivity contribution < 1.29 is 19.8 Å². The van der Waals surface area contributed by atoms with E-state index < -0.39 is 24.0 Å². The first-order valence-corrected chi connectivity index (χ1v) is 8.96. The predicted octanol–water partition coefficient (Wildman–Crippen LogP) is 1.91. The van der Waals surface area contributed by atoms with E-state index in [0.29, 0.717) is 13.1 Å². The summed E-state index contributed by atoms with van der Waals surface area (Å²) in [6.45, 7) is 3.82. The summed E-state index contributed by atoms with van der Waals surface area (Å²) in [5.74, 6) is -1.83. The van der Waals surface area contributed by atoms with E-state index in [4.69, 9.17) is 10.2 Å². The minimum Gasteiger partial charge on any atom is -0.480 e. The molecule has 0 unspecified atom stereocenters. The zero-order valence-electron chi connectivity index (χ0n) is 15.6. The summed E-state index contributed by atoms with van der Waals surface area (Å²) in [6, 6.07) is 10.2. The molecule has 0 spiro atoms. The summed E-state index contributed by atoms with van der Waals surface area (Å²) in [5, 5.41) is 25.7. The number of hydrogen-bond acceptors (Lipinski definition) is 6. The highest BCUT2D eigenvalue weighted by atomic mass is 16.4. The fourth-order valence-corrected chi connectivity index (χ4v) is 2.74. The standard InChI is InChI=1S/C20H22N4O4/c1-11(19(25)26)21-9-15-7-5-13-3-4-14-6-8-16(10-22-12(2)20(27)28)24-18(14)17(13)23-15/h3-8,11-12,21-22H,9-10H2,1-2H3,(H,25,26)(H,27,28)/t11-,12-/m1/s1. The molecule has 3 rings (SSSR count). The van der Waals surface area contributed by atoms with E-state index in [1.165, 1.54) is 0 Å². The maximum Gasteiger partial charge on any atom is 0.320 e. The maximum absolute atomic E-state index is 11.0. The third kappa shape index (κ3) is 4.41. The molecule has 2 atom stereocenters. The van der Waals surface area contributed by atoms with Gasteiger partial charge in [0.25, 0.3) is 0 Å². The summed E-state index contributed by atoms with van der Waals surface area (Å²) in [5.41, 5.74) is 2.90. The van der Waals surface area contributed by atoms with Gasteiger partial charge in [-0.05, 0) is 26.0 Å². The Labute approximate surface area is 161 Å². The third-order valence-corrected chi connectivity index (χ3v) is 4.55. The van der Waals surface area contributed by atoms with Crippen molar-refractivity contribution in [2.75, 3.05) is 0 Å². The number of carboxylic acid groups (broad SMARTS) is 2. The van der Waals surface area contributed by atoms with Crippen molar-refractivity contribution in [1.29, 1.82) is 0 Å². The number of hydrogen-bond donors (Lipinski definition) is 4. The van der Waals surface area contributed by atoms with Crippen LogP contribution in [0.1, 0.15) is 25.2 Å². The quantitative estimate of drug-likeness (QED) is 0.436. The number of carboxylic acids is 2. The zero-order valence-corrected chi connectivity index (χ0v) is 15.6. The number of aliphatic carboxylic acids is 2. The van der Waals surface area contributed by atoms with Crippen molar-refractivity contribution in [1.82, 2.24) is 20.6 Å². The Kier molecular flexibility index (Phi) is 5.81. The van der Waals surface area contributed by atoms with Crippen LogP contribution in [0, 0.1) is 0 Å². The summed E-state index contributed by atoms with van der Waals surface area (Å²) < 4.78 is 0. The highest BCUT2D eigenvalue weighted by molar-refractivity contribution is 6.02. The molecule has 28 heavy (non-hydrogen) atoms. The SMILES string of the molecule is C[C@@H](NCc1ccc2ccc3ccc(CN[C@H](C)C(=O)O)nc3c2n1)C(=O)O. The second-order valence-corrected chi connectivity index (χ2v) is 6.70. The summed E-state index contributed by atoms with van der Waals surface area (Å²) in [4.78, 5) is 31.3. The van der Waals surface area contributed by atoms with Crippen molar-refractivity contribution >= 4 is 33.7 Å². The number of benzene rings is 1. The Morgan fingerprint density at radius 3 is 1.50 bits per heavy atom. The van der Waals surface area contributed by atoms with Gasteiger partial charge < -0.3 is 10.2 Å². The van der Waals surface area contributed by atoms with E-state index in [1.54, 1.807) is 13.8 Å². The predicted molar refractivity (Wildman–Crippen MR) is 105 cm³/mol. The van der Waals surface area contributed by atoms with Gasteiger partial charge in [0.1, 0.15) is 12.1 Å². The van der Waals surface area contributed by atoms with E-state index in [2.05, 4.69) is 20.6 Å². The van der Waals surface area contributed by atoms with Gasteiger partial charge in [0.15, 0.2) is 0 Å². The molecule has 146 valence electrons. The van der Waals surface area contributed by atoms with Gasteiger partial charge in [-0.15, -0.1) is 0 Å². The third-order valence-electron chi connectivity index (χ3n) is 4.55. The topological polar surface area (TPSA) is 124 Å². The summed E-state index contributed by atoms with van der Waals surface area (Å²) >= 11 is 0. The molecule has 0 bridgehead atoms. The Morgan fingerprint density at radius 1 is 0.786 bits per heavy atom. The largest absolute Gasteiger partial charge is 0.480 e. The van der Waals surface area contributed by atoms with Crippen LogP contribution in [0.4, 0.5) is 0 Å². The van der Waals surface area contributed by atoms with Crippen LogP contribution in [0.3, 0.4) is 0 Å². The Hall–Kier alpha value is -3.10. The molecule has 0 aliphatic rings. The molecule has 0 saturated carbocycles. The molecule has 3 aromatic rings. The van der Waals surface area contributed by atoms with Gasteiger partial charge in [-0.25, -0.2) is 9.97 Å². The number of nitrogens with one attached hydrogen (secondary N) is 2. The van der Waals surface area contributed by atoms with Crippen LogP contribution in [0.15, 0.2) is 36.4 Å². The average molecular weight is 382 g/mol. The minimum absolute atomic E-state index is 0.331. The van der Waals surface area contributed by atoms with E-state index in [9.17, 15) is 9.59 Å². The molecule has 8 heteroatoms. The fraction of sp³-hybridized carbons (Fsp3) is 0.300. The lowest BCUT2D eigenvalue weighted by Crippen LogP contribution is -2.33. The number of aromatic nitrogens is 2. The molecule has 8 nitrogen and oxygen atoms in total. The van der Waals surface area contributed by atoms with E-state index in [0.717, 1.165) is 33.2 Å². The van der Waals surface area contributed by atoms with Gasteiger partial charge in [-0.3, -0.25) is 20.2 Å². The fourth-order valence-electron chi connectivity index (χ4n) is 2.74. The highest BCUT2D eigenvalue weighted by Crippen LogP contribution is 2.23. The Bertz CT molecular complexity index is 955. The van der Waals surface area contributed by atoms with Crippen molar-refractivity contribution in [2.45, 2.75) is 39.0 Å². The average Bonchev–Trinajstić information content (AvgIpc) is 2.69. The Morgan fingerprint density at radius 2 is 1.14 bits per heavy atom. The van der Waals surface area contributed by atoms with Crippen molar-refractivity contribution in [3.8, 4) is 0 Å². The lowest BCUT2D eigenvalue weighted by atomic mass is 10.1. The Balaban J connectivity index is 1.91. The summed E-state index contributed by atoms with van der Waals surface area (Å²) in [6.07, 6.45) is 0. The molecular formula is C20H22N4O4. The van der Waals surface area contributed by atoms with Crippen LogP contribution in [-0.4, -0.2) is 44.2 Å². The first kappa shape index (κ1) is 19.7. The number of carbonyl (C=O) groups is 2. The molecule has 4 N–H and O–H groups in total. The lowest BCUT2D eigenvalue weighted by Gasteiger charge is -2.11. The molecule has 0 fully saturated rings. The molecule has 0 saturated heterocycles. The minimum atomic E-state index is -0.916. The maximum atomic E-state index is 11.0. The number of fused-ring (bicyclic) bond motifs is 3. The van der Waals surface area contributed by atoms with Crippen LogP contribution in [0.2, 0.25) is 0 Å². The molecule has 0 amide bonds. The van der Waals surface area contributed by atoms with Crippen LogP contribution < -0.4 is 10.6 Å². The molecule has 1 aromatic carbocycles. The van der Waals surface area contributed by atoms with Gasteiger partial charge >= 0.3 is 11.9 Å². The van der Waals surface area contributed by atoms with E-state index in [-0.39, 0.29) is 0 Å². The van der Waals surface area contributed by atoms with E-state index >= 15 is 0 Å². The van der Waals surface area contributed by atoms with Crippen molar-refractivity contribution in [3.63, 3.8) is 0 Å². The van der Waals surface area contributed by atoms with Gasteiger partial charge in [0.2, 0.25) is 0 Å². The highest BCUT2D eigenvalue weighted by Gasteiger charge is 2.12. The summed E-state index contributed by atoms with van der Waals surface area (Å²) in [7, 11) is 0. The number of rotatable bonds is 8. The van der Waals surface area contributed by atoms with Gasteiger partial charge in [-0.1, -0.05) is 24.3 Å². The molecule has 0 aliphatic carbocycles. The second-order valence-electron chi connectivity index (χ2n) is 6.70. The first-order valence-electron chi connectivity index (χ1n) is 8.96. The second kappa shape index (κ2) is 8.28. The molecule has 2 aromatic heterocycles. The molecule has 0 aliphatic heterocycles. The van der Waals surface area contributed by atoms with E-state index in [1.807, 2.05) is 36.4 Å². The first-order chi connectivity index (χ1) is 13.3. The van der Waals surface area contributed by atoms with Crippen LogP contribution in [0.5, 0.6) is 0 Å². The van der Waals surface area contributed by atoms with Crippen molar-refractivity contribution in [2.24, 2.45) is 0 Å². The van der Waals surface area contributed by atoms with Gasteiger partial charge in [0.05, 0.1) is 22.4 Å². The van der Waals surface area contributed by atoms with Crippen LogP contribution in [0.25, 0.3) is 21.8 Å². The van der Waals surface area contributed by atoms with Crippen LogP contribution in [-0.2, 0) is 22.7 Å². The zero-order chi connectivity index (χ0) is 20.3. The molecular weight excluding hydrogens is 360 g/mol. The number of nitrogens with zero attached hydrogens (tertiary/aromatic N) is 2.